The monoisotopic (exact) mass is 222 g/mol. The summed E-state index contributed by atoms with van der Waals surface area (Å²) in [5.74, 6) is 1.63. The quantitative estimate of drug-likeness (QED) is 0.339. The Bertz CT molecular complexity index is 227. The van der Waals surface area contributed by atoms with Crippen LogP contribution in [0.5, 0.6) is 0 Å². The number of halogens is 2. The van der Waals surface area contributed by atoms with Crippen LogP contribution in [0.1, 0.15) is 6.42 Å². The first-order chi connectivity index (χ1) is 5.83. The molecule has 0 aliphatic heterocycles. The molecule has 0 spiro atoms. The van der Waals surface area contributed by atoms with Gasteiger partial charge in [-0.2, -0.15) is 0 Å². The fraction of sp³-hybridized carbons (Fsp3) is 0.429. The summed E-state index contributed by atoms with van der Waals surface area (Å²) in [6, 6.07) is 0. The molecule has 12 heavy (non-hydrogen) atoms. The van der Waals surface area contributed by atoms with Crippen molar-refractivity contribution < 1.29 is 0 Å². The van der Waals surface area contributed by atoms with Gasteiger partial charge in [-0.15, -0.1) is 11.6 Å². The van der Waals surface area contributed by atoms with Crippen LogP contribution in [0.15, 0.2) is 17.6 Å². The van der Waals surface area contributed by atoms with Gasteiger partial charge >= 0.3 is 0 Å². The third kappa shape index (κ3) is 3.61. The van der Waals surface area contributed by atoms with Crippen LogP contribution in [0.3, 0.4) is 0 Å². The predicted octanol–water partition coefficient (Wildman–Crippen LogP) is 2.85. The molecule has 66 valence electrons. The van der Waals surface area contributed by atoms with Crippen molar-refractivity contribution in [3.63, 3.8) is 0 Å². The van der Waals surface area contributed by atoms with E-state index in [1.165, 1.54) is 0 Å². The van der Waals surface area contributed by atoms with Crippen molar-refractivity contribution in [1.29, 1.82) is 0 Å². The minimum absolute atomic E-state index is 0.566. The fourth-order valence-electron chi connectivity index (χ4n) is 0.593. The standard InChI is InChI=1S/C7H8Cl2N2S/c8-2-1-3-12-7-10-4-6(9)5-11-7/h4-5H,1-3H2. The van der Waals surface area contributed by atoms with Gasteiger partial charge in [-0.25, -0.2) is 9.97 Å². The molecule has 0 aromatic carbocycles. The lowest BCUT2D eigenvalue weighted by molar-refractivity contribution is 0.962. The highest BCUT2D eigenvalue weighted by molar-refractivity contribution is 7.99. The van der Waals surface area contributed by atoms with Crippen molar-refractivity contribution in [1.82, 2.24) is 9.97 Å². The first-order valence-electron chi connectivity index (χ1n) is 3.49. The Balaban J connectivity index is 2.37. The van der Waals surface area contributed by atoms with Crippen molar-refractivity contribution >= 4 is 35.0 Å². The number of hydrogen-bond acceptors (Lipinski definition) is 3. The topological polar surface area (TPSA) is 25.8 Å². The van der Waals surface area contributed by atoms with Crippen molar-refractivity contribution in [2.24, 2.45) is 0 Å². The van der Waals surface area contributed by atoms with E-state index in [1.807, 2.05) is 0 Å². The molecule has 0 saturated heterocycles. The molecule has 2 nitrogen and oxygen atoms in total. The second-order valence-corrected chi connectivity index (χ2v) is 3.95. The van der Waals surface area contributed by atoms with Crippen LogP contribution in [-0.4, -0.2) is 21.6 Å². The van der Waals surface area contributed by atoms with E-state index in [0.717, 1.165) is 17.3 Å². The Labute approximate surface area is 85.7 Å². The van der Waals surface area contributed by atoms with Crippen LogP contribution in [0.25, 0.3) is 0 Å². The number of thioether (sulfide) groups is 1. The summed E-state index contributed by atoms with van der Waals surface area (Å²) in [7, 11) is 0. The van der Waals surface area contributed by atoms with Crippen molar-refractivity contribution in [2.75, 3.05) is 11.6 Å². The molecule has 0 N–H and O–H groups in total. The molecule has 0 aliphatic carbocycles. The molecule has 1 heterocycles. The molecule has 1 rings (SSSR count). The summed E-state index contributed by atoms with van der Waals surface area (Å²) >= 11 is 12.7. The van der Waals surface area contributed by atoms with Crippen LogP contribution < -0.4 is 0 Å². The molecule has 0 atom stereocenters. The third-order valence-electron chi connectivity index (χ3n) is 1.11. The van der Waals surface area contributed by atoms with Gasteiger partial charge < -0.3 is 0 Å². The number of rotatable bonds is 4. The summed E-state index contributed by atoms with van der Waals surface area (Å²) in [6.07, 6.45) is 4.16. The Morgan fingerprint density at radius 2 is 2.00 bits per heavy atom. The second-order valence-electron chi connectivity index (χ2n) is 2.07. The number of alkyl halides is 1. The van der Waals surface area contributed by atoms with Gasteiger partial charge in [0.1, 0.15) is 0 Å². The van der Waals surface area contributed by atoms with E-state index in [0.29, 0.717) is 10.9 Å². The average molecular weight is 223 g/mol. The molecule has 0 unspecified atom stereocenters. The number of hydrogen-bond donors (Lipinski definition) is 0. The van der Waals surface area contributed by atoms with Gasteiger partial charge in [-0.05, 0) is 6.42 Å². The predicted molar refractivity (Wildman–Crippen MR) is 53.1 cm³/mol. The molecule has 0 amide bonds. The van der Waals surface area contributed by atoms with Crippen LogP contribution in [-0.2, 0) is 0 Å². The van der Waals surface area contributed by atoms with E-state index in [1.54, 1.807) is 24.2 Å². The van der Waals surface area contributed by atoms with Crippen LogP contribution in [0.2, 0.25) is 5.02 Å². The van der Waals surface area contributed by atoms with E-state index in [2.05, 4.69) is 9.97 Å². The van der Waals surface area contributed by atoms with Crippen molar-refractivity contribution in [2.45, 2.75) is 11.6 Å². The maximum absolute atomic E-state index is 5.62. The highest BCUT2D eigenvalue weighted by Crippen LogP contribution is 2.14. The molecule has 5 heteroatoms. The maximum Gasteiger partial charge on any atom is 0.187 e. The average Bonchev–Trinajstić information content (AvgIpc) is 2.09. The molecule has 0 radical (unpaired) electrons. The van der Waals surface area contributed by atoms with Gasteiger partial charge in [-0.1, -0.05) is 23.4 Å². The zero-order valence-electron chi connectivity index (χ0n) is 6.33. The van der Waals surface area contributed by atoms with Gasteiger partial charge in [0, 0.05) is 11.6 Å². The minimum Gasteiger partial charge on any atom is -0.230 e. The van der Waals surface area contributed by atoms with E-state index < -0.39 is 0 Å². The molecule has 1 aromatic heterocycles. The summed E-state index contributed by atoms with van der Waals surface area (Å²) in [5.41, 5.74) is 0. The van der Waals surface area contributed by atoms with Gasteiger partial charge in [-0.3, -0.25) is 0 Å². The van der Waals surface area contributed by atoms with Crippen LogP contribution >= 0.6 is 35.0 Å². The van der Waals surface area contributed by atoms with Crippen LogP contribution in [0, 0.1) is 0 Å². The maximum atomic E-state index is 5.62. The SMILES string of the molecule is ClCCCSc1ncc(Cl)cn1. The lowest BCUT2D eigenvalue weighted by Gasteiger charge is -1.96. The molecular formula is C7H8Cl2N2S. The Kier molecular flexibility index (Phi) is 4.73. The lowest BCUT2D eigenvalue weighted by Crippen LogP contribution is -1.87. The highest BCUT2D eigenvalue weighted by Gasteiger charge is 1.96. The molecule has 0 fully saturated rings. The van der Waals surface area contributed by atoms with E-state index in [-0.39, 0.29) is 0 Å². The van der Waals surface area contributed by atoms with E-state index in [4.69, 9.17) is 23.2 Å². The summed E-state index contributed by atoms with van der Waals surface area (Å²) in [4.78, 5) is 8.05. The summed E-state index contributed by atoms with van der Waals surface area (Å²) in [6.45, 7) is 0. The Morgan fingerprint density at radius 3 is 2.58 bits per heavy atom. The molecule has 0 aliphatic rings. The Hall–Kier alpha value is 0.01000. The van der Waals surface area contributed by atoms with Gasteiger partial charge in [0.05, 0.1) is 17.4 Å². The smallest absolute Gasteiger partial charge is 0.187 e. The zero-order chi connectivity index (χ0) is 8.81. The largest absolute Gasteiger partial charge is 0.230 e. The number of aromatic nitrogens is 2. The van der Waals surface area contributed by atoms with Gasteiger partial charge in [0.2, 0.25) is 0 Å². The summed E-state index contributed by atoms with van der Waals surface area (Å²) < 4.78 is 0. The normalized spacial score (nSPS) is 10.2. The second kappa shape index (κ2) is 5.62. The van der Waals surface area contributed by atoms with E-state index >= 15 is 0 Å². The first-order valence-corrected chi connectivity index (χ1v) is 5.39. The van der Waals surface area contributed by atoms with Crippen molar-refractivity contribution in [3.05, 3.63) is 17.4 Å². The first kappa shape index (κ1) is 10.1. The van der Waals surface area contributed by atoms with Gasteiger partial charge in [0.25, 0.3) is 0 Å². The lowest BCUT2D eigenvalue weighted by atomic mass is 10.6. The zero-order valence-corrected chi connectivity index (χ0v) is 8.66. The minimum atomic E-state index is 0.566. The third-order valence-corrected chi connectivity index (χ3v) is 2.53. The molecule has 0 saturated carbocycles. The van der Waals surface area contributed by atoms with Crippen molar-refractivity contribution in [3.8, 4) is 0 Å². The Morgan fingerprint density at radius 1 is 1.33 bits per heavy atom. The molecular weight excluding hydrogens is 215 g/mol. The summed E-state index contributed by atoms with van der Waals surface area (Å²) in [5, 5.41) is 1.32. The van der Waals surface area contributed by atoms with Gasteiger partial charge in [0.15, 0.2) is 5.16 Å². The highest BCUT2D eigenvalue weighted by atomic mass is 35.5. The molecule has 1 aromatic rings. The fourth-order valence-corrected chi connectivity index (χ4v) is 1.71. The van der Waals surface area contributed by atoms with E-state index in [9.17, 15) is 0 Å². The number of nitrogens with zero attached hydrogens (tertiary/aromatic N) is 2. The van der Waals surface area contributed by atoms with Crippen LogP contribution in [0.4, 0.5) is 0 Å². The molecule has 0 bridgehead atoms.